The quantitative estimate of drug-likeness (QED) is 0.650. The third-order valence-corrected chi connectivity index (χ3v) is 2.29. The van der Waals surface area contributed by atoms with Crippen LogP contribution in [0.15, 0.2) is 22.6 Å². The highest BCUT2D eigenvalue weighted by molar-refractivity contribution is 6.01. The first-order chi connectivity index (χ1) is 8.17. The summed E-state index contributed by atoms with van der Waals surface area (Å²) in [5.41, 5.74) is 0.455. The van der Waals surface area contributed by atoms with Gasteiger partial charge in [0.2, 0.25) is 5.76 Å². The van der Waals surface area contributed by atoms with Crippen molar-refractivity contribution in [2.45, 2.75) is 6.92 Å². The molecular weight excluding hydrogens is 224 g/mol. The van der Waals surface area contributed by atoms with E-state index in [1.807, 2.05) is 0 Å². The number of carbonyl (C=O) groups excluding carboxylic acids is 2. The van der Waals surface area contributed by atoms with Crippen molar-refractivity contribution in [3.8, 4) is 5.75 Å². The van der Waals surface area contributed by atoms with Gasteiger partial charge in [0.15, 0.2) is 6.29 Å². The number of aromatic hydroxyl groups is 1. The summed E-state index contributed by atoms with van der Waals surface area (Å²) >= 11 is 0. The molecule has 0 aliphatic rings. The van der Waals surface area contributed by atoms with E-state index < -0.39 is 5.97 Å². The van der Waals surface area contributed by atoms with Crippen LogP contribution in [0.4, 0.5) is 0 Å². The highest BCUT2D eigenvalue weighted by atomic mass is 16.5. The van der Waals surface area contributed by atoms with E-state index in [-0.39, 0.29) is 29.3 Å². The number of hydrogen-bond acceptors (Lipinski definition) is 5. The lowest BCUT2D eigenvalue weighted by molar-refractivity contribution is 0.0492. The summed E-state index contributed by atoms with van der Waals surface area (Å²) in [4.78, 5) is 22.2. The van der Waals surface area contributed by atoms with Crippen LogP contribution in [0.2, 0.25) is 0 Å². The molecule has 0 saturated carbocycles. The van der Waals surface area contributed by atoms with Crippen molar-refractivity contribution >= 4 is 23.2 Å². The Kier molecular flexibility index (Phi) is 2.82. The second-order valence-corrected chi connectivity index (χ2v) is 3.37. The minimum Gasteiger partial charge on any atom is -0.507 e. The fourth-order valence-corrected chi connectivity index (χ4v) is 1.53. The minimum absolute atomic E-state index is 0.0357. The molecule has 1 N–H and O–H groups in total. The first-order valence-corrected chi connectivity index (χ1v) is 5.05. The fourth-order valence-electron chi connectivity index (χ4n) is 1.53. The molecular formula is C12H10O5. The number of aldehydes is 1. The Bertz CT molecular complexity index is 582. The number of esters is 1. The monoisotopic (exact) mass is 234 g/mol. The van der Waals surface area contributed by atoms with Crippen LogP contribution in [-0.2, 0) is 4.74 Å². The zero-order valence-electron chi connectivity index (χ0n) is 9.10. The van der Waals surface area contributed by atoms with Crippen LogP contribution in [0.25, 0.3) is 11.0 Å². The SMILES string of the molecule is CCOC(=O)c1cc2c(O)ccc(C=O)c2o1. The Morgan fingerprint density at radius 2 is 2.29 bits per heavy atom. The fraction of sp³-hybridized carbons (Fsp3) is 0.167. The number of benzene rings is 1. The van der Waals surface area contributed by atoms with Crippen molar-refractivity contribution in [1.29, 1.82) is 0 Å². The summed E-state index contributed by atoms with van der Waals surface area (Å²) < 4.78 is 9.99. The zero-order valence-corrected chi connectivity index (χ0v) is 9.10. The lowest BCUT2D eigenvalue weighted by Gasteiger charge is -1.96. The van der Waals surface area contributed by atoms with Crippen molar-refractivity contribution in [2.75, 3.05) is 6.61 Å². The average molecular weight is 234 g/mol. The molecule has 0 radical (unpaired) electrons. The molecule has 0 aliphatic heterocycles. The lowest BCUT2D eigenvalue weighted by atomic mass is 10.1. The molecule has 5 nitrogen and oxygen atoms in total. The molecule has 0 aliphatic carbocycles. The predicted molar refractivity (Wildman–Crippen MR) is 59.2 cm³/mol. The van der Waals surface area contributed by atoms with E-state index in [2.05, 4.69) is 0 Å². The van der Waals surface area contributed by atoms with Gasteiger partial charge in [0.05, 0.1) is 17.6 Å². The second kappa shape index (κ2) is 4.29. The summed E-state index contributed by atoms with van der Waals surface area (Å²) in [5, 5.41) is 9.91. The highest BCUT2D eigenvalue weighted by Crippen LogP contribution is 2.30. The predicted octanol–water partition coefficient (Wildman–Crippen LogP) is 2.13. The molecule has 0 unspecified atom stereocenters. The number of carbonyl (C=O) groups is 2. The normalized spacial score (nSPS) is 10.4. The molecule has 1 aromatic carbocycles. The third-order valence-electron chi connectivity index (χ3n) is 2.29. The van der Waals surface area contributed by atoms with E-state index in [4.69, 9.17) is 9.15 Å². The van der Waals surface area contributed by atoms with Crippen molar-refractivity contribution in [2.24, 2.45) is 0 Å². The van der Waals surface area contributed by atoms with Gasteiger partial charge < -0.3 is 14.3 Å². The van der Waals surface area contributed by atoms with Crippen LogP contribution in [0.3, 0.4) is 0 Å². The maximum Gasteiger partial charge on any atom is 0.374 e. The number of rotatable bonds is 3. The van der Waals surface area contributed by atoms with Gasteiger partial charge in [-0.1, -0.05) is 0 Å². The van der Waals surface area contributed by atoms with E-state index in [9.17, 15) is 14.7 Å². The number of hydrogen-bond donors (Lipinski definition) is 1. The Hall–Kier alpha value is -2.30. The lowest BCUT2D eigenvalue weighted by Crippen LogP contribution is -2.02. The Balaban J connectivity index is 2.59. The van der Waals surface area contributed by atoms with Crippen molar-refractivity contribution in [3.05, 3.63) is 29.5 Å². The maximum absolute atomic E-state index is 11.4. The largest absolute Gasteiger partial charge is 0.507 e. The zero-order chi connectivity index (χ0) is 12.4. The van der Waals surface area contributed by atoms with Gasteiger partial charge in [-0.3, -0.25) is 4.79 Å². The van der Waals surface area contributed by atoms with Crippen molar-refractivity contribution in [3.63, 3.8) is 0 Å². The van der Waals surface area contributed by atoms with Gasteiger partial charge in [-0.25, -0.2) is 4.79 Å². The maximum atomic E-state index is 11.4. The van der Waals surface area contributed by atoms with Crippen LogP contribution in [0, 0.1) is 0 Å². The standard InChI is InChI=1S/C12H10O5/c1-2-16-12(15)10-5-8-9(14)4-3-7(6-13)11(8)17-10/h3-6,14H,2H2,1H3. The Morgan fingerprint density at radius 1 is 1.53 bits per heavy atom. The van der Waals surface area contributed by atoms with Gasteiger partial charge >= 0.3 is 5.97 Å². The summed E-state index contributed by atoms with van der Waals surface area (Å²) in [5.74, 6) is -0.712. The van der Waals surface area contributed by atoms with E-state index in [0.29, 0.717) is 11.7 Å². The first-order valence-electron chi connectivity index (χ1n) is 5.05. The molecule has 1 heterocycles. The topological polar surface area (TPSA) is 76.7 Å². The molecule has 2 rings (SSSR count). The Morgan fingerprint density at radius 3 is 2.94 bits per heavy atom. The minimum atomic E-state index is -0.625. The number of phenols is 1. The molecule has 0 fully saturated rings. The van der Waals surface area contributed by atoms with Crippen LogP contribution in [-0.4, -0.2) is 24.0 Å². The van der Waals surface area contributed by atoms with Crippen LogP contribution in [0.1, 0.15) is 27.8 Å². The van der Waals surface area contributed by atoms with Crippen molar-refractivity contribution < 1.29 is 23.8 Å². The smallest absolute Gasteiger partial charge is 0.374 e. The van der Waals surface area contributed by atoms with Gasteiger partial charge in [-0.15, -0.1) is 0 Å². The van der Waals surface area contributed by atoms with Gasteiger partial charge in [0.25, 0.3) is 0 Å². The third kappa shape index (κ3) is 1.87. The summed E-state index contributed by atoms with van der Waals surface area (Å²) in [6.07, 6.45) is 0.597. The molecule has 5 heteroatoms. The van der Waals surface area contributed by atoms with Crippen LogP contribution >= 0.6 is 0 Å². The second-order valence-electron chi connectivity index (χ2n) is 3.37. The van der Waals surface area contributed by atoms with Gasteiger partial charge in [-0.2, -0.15) is 0 Å². The molecule has 0 atom stereocenters. The van der Waals surface area contributed by atoms with Crippen LogP contribution in [0.5, 0.6) is 5.75 Å². The van der Waals surface area contributed by atoms with Crippen molar-refractivity contribution in [1.82, 2.24) is 0 Å². The summed E-state index contributed by atoms with van der Waals surface area (Å²) in [6.45, 7) is 1.90. The Labute approximate surface area is 96.6 Å². The average Bonchev–Trinajstić information content (AvgIpc) is 2.76. The molecule has 0 spiro atoms. The number of ether oxygens (including phenoxy) is 1. The molecule has 1 aromatic heterocycles. The van der Waals surface area contributed by atoms with Crippen LogP contribution < -0.4 is 0 Å². The molecule has 0 amide bonds. The first kappa shape index (κ1) is 11.2. The molecule has 88 valence electrons. The molecule has 0 saturated heterocycles. The molecule has 0 bridgehead atoms. The number of fused-ring (bicyclic) bond motifs is 1. The van der Waals surface area contributed by atoms with Gasteiger partial charge in [0, 0.05) is 6.07 Å². The van der Waals surface area contributed by atoms with Gasteiger partial charge in [-0.05, 0) is 19.1 Å². The summed E-state index contributed by atoms with van der Waals surface area (Å²) in [7, 11) is 0. The molecule has 2 aromatic rings. The van der Waals surface area contributed by atoms with E-state index in [0.717, 1.165) is 0 Å². The number of furan rings is 1. The van der Waals surface area contributed by atoms with E-state index in [1.165, 1.54) is 18.2 Å². The van der Waals surface area contributed by atoms with E-state index in [1.54, 1.807) is 6.92 Å². The van der Waals surface area contributed by atoms with E-state index >= 15 is 0 Å². The van der Waals surface area contributed by atoms with Gasteiger partial charge in [0.1, 0.15) is 11.3 Å². The molecule has 17 heavy (non-hydrogen) atoms. The summed E-state index contributed by atoms with van der Waals surface area (Å²) in [6, 6.07) is 4.15. The highest BCUT2D eigenvalue weighted by Gasteiger charge is 2.17. The number of phenolic OH excluding ortho intramolecular Hbond substituents is 1.